The lowest BCUT2D eigenvalue weighted by atomic mass is 10.3. The summed E-state index contributed by atoms with van der Waals surface area (Å²) in [6, 6.07) is 0.0717. The molecule has 6 heteroatoms. The molecule has 0 saturated heterocycles. The minimum Gasteiger partial charge on any atom is -0.388 e. The number of aliphatic hydroxyl groups is 1. The predicted octanol–water partition coefficient (Wildman–Crippen LogP) is 1.40. The number of thiazole rings is 1. The molecule has 0 fully saturated rings. The highest BCUT2D eigenvalue weighted by Crippen LogP contribution is 2.24. The molecule has 0 radical (unpaired) electrons. The zero-order valence-corrected chi connectivity index (χ0v) is 10.1. The summed E-state index contributed by atoms with van der Waals surface area (Å²) in [4.78, 5) is 5.64. The lowest BCUT2D eigenvalue weighted by Crippen LogP contribution is -2.09. The van der Waals surface area contributed by atoms with Crippen molar-refractivity contribution in [2.75, 3.05) is 0 Å². The van der Waals surface area contributed by atoms with Crippen molar-refractivity contribution in [3.05, 3.63) is 28.2 Å². The highest BCUT2D eigenvalue weighted by atomic mass is 32.1. The van der Waals surface area contributed by atoms with E-state index in [2.05, 4.69) is 22.1 Å². The molecule has 0 bridgehead atoms. The second kappa shape index (κ2) is 4.71. The maximum Gasteiger partial charge on any atom is 0.159 e. The fraction of sp³-hybridized carbons (Fsp3) is 0.500. The lowest BCUT2D eigenvalue weighted by Gasteiger charge is -2.11. The fourth-order valence-electron chi connectivity index (χ4n) is 1.50. The molecule has 2 heterocycles. The van der Waals surface area contributed by atoms with Crippen molar-refractivity contribution in [1.82, 2.24) is 19.7 Å². The van der Waals surface area contributed by atoms with Gasteiger partial charge < -0.3 is 9.67 Å². The highest BCUT2D eigenvalue weighted by molar-refractivity contribution is 7.11. The van der Waals surface area contributed by atoms with Gasteiger partial charge >= 0.3 is 0 Å². The summed E-state index contributed by atoms with van der Waals surface area (Å²) in [5.41, 5.74) is 0. The summed E-state index contributed by atoms with van der Waals surface area (Å²) >= 11 is 1.69. The Bertz CT molecular complexity index is 465. The van der Waals surface area contributed by atoms with Crippen molar-refractivity contribution in [1.29, 1.82) is 0 Å². The van der Waals surface area contributed by atoms with Crippen LogP contribution in [0.4, 0.5) is 0 Å². The Morgan fingerprint density at radius 2 is 2.38 bits per heavy atom. The first-order valence-electron chi connectivity index (χ1n) is 5.20. The summed E-state index contributed by atoms with van der Waals surface area (Å²) in [5, 5.41) is 17.8. The van der Waals surface area contributed by atoms with E-state index in [0.29, 0.717) is 5.82 Å². The monoisotopic (exact) mass is 238 g/mol. The fourth-order valence-corrected chi connectivity index (χ4v) is 2.41. The van der Waals surface area contributed by atoms with Gasteiger partial charge in [0.25, 0.3) is 0 Å². The first-order chi connectivity index (χ1) is 7.76. The van der Waals surface area contributed by atoms with E-state index < -0.39 is 0 Å². The van der Waals surface area contributed by atoms with Gasteiger partial charge in [-0.3, -0.25) is 0 Å². The van der Waals surface area contributed by atoms with Crippen LogP contribution in [-0.4, -0.2) is 24.9 Å². The summed E-state index contributed by atoms with van der Waals surface area (Å²) in [6.07, 6.45) is 4.53. The minimum absolute atomic E-state index is 0.0717. The molecule has 0 aromatic carbocycles. The van der Waals surface area contributed by atoms with Gasteiger partial charge in [0.05, 0.1) is 6.04 Å². The van der Waals surface area contributed by atoms with Crippen molar-refractivity contribution >= 4 is 11.3 Å². The standard InChI is InChI=1S/C10H14N4OS/c1-3-8-4-11-10(16-8)7(2)14-6-12-13-9(14)5-15/h4,6-7,15H,3,5H2,1-2H3. The third-order valence-corrected chi connectivity index (χ3v) is 3.80. The number of rotatable bonds is 4. The number of aliphatic hydroxyl groups excluding tert-OH is 1. The molecule has 0 saturated carbocycles. The topological polar surface area (TPSA) is 63.8 Å². The highest BCUT2D eigenvalue weighted by Gasteiger charge is 2.15. The van der Waals surface area contributed by atoms with Crippen molar-refractivity contribution in [2.24, 2.45) is 0 Å². The largest absolute Gasteiger partial charge is 0.388 e. The average molecular weight is 238 g/mol. The third kappa shape index (κ3) is 1.98. The molecule has 0 amide bonds. The Hall–Kier alpha value is -1.27. The van der Waals surface area contributed by atoms with Crippen molar-refractivity contribution in [2.45, 2.75) is 32.9 Å². The Kier molecular flexibility index (Phi) is 3.31. The van der Waals surface area contributed by atoms with E-state index in [1.807, 2.05) is 17.7 Å². The molecule has 1 atom stereocenters. The molecule has 1 N–H and O–H groups in total. The number of aromatic nitrogens is 4. The predicted molar refractivity (Wildman–Crippen MR) is 61.2 cm³/mol. The molecule has 16 heavy (non-hydrogen) atoms. The van der Waals surface area contributed by atoms with Crippen LogP contribution < -0.4 is 0 Å². The molecule has 0 spiro atoms. The zero-order valence-electron chi connectivity index (χ0n) is 9.29. The maximum atomic E-state index is 9.11. The molecule has 2 rings (SSSR count). The van der Waals surface area contributed by atoms with E-state index in [0.717, 1.165) is 11.4 Å². The molecule has 0 aliphatic heterocycles. The Balaban J connectivity index is 2.27. The van der Waals surface area contributed by atoms with E-state index in [1.54, 1.807) is 17.7 Å². The molecule has 2 aromatic rings. The molecule has 0 aliphatic carbocycles. The van der Waals surface area contributed by atoms with E-state index in [9.17, 15) is 0 Å². The van der Waals surface area contributed by atoms with Crippen LogP contribution in [0, 0.1) is 0 Å². The zero-order chi connectivity index (χ0) is 11.5. The first kappa shape index (κ1) is 11.2. The second-order valence-corrected chi connectivity index (χ2v) is 4.65. The van der Waals surface area contributed by atoms with Crippen LogP contribution in [0.2, 0.25) is 0 Å². The number of hydrogen-bond acceptors (Lipinski definition) is 5. The van der Waals surface area contributed by atoms with E-state index in [-0.39, 0.29) is 12.6 Å². The first-order valence-corrected chi connectivity index (χ1v) is 6.01. The second-order valence-electron chi connectivity index (χ2n) is 3.51. The summed E-state index contributed by atoms with van der Waals surface area (Å²) in [5.74, 6) is 0.570. The molecule has 0 aliphatic rings. The average Bonchev–Trinajstić information content (AvgIpc) is 2.96. The lowest BCUT2D eigenvalue weighted by molar-refractivity contribution is 0.263. The van der Waals surface area contributed by atoms with Crippen molar-refractivity contribution in [3.63, 3.8) is 0 Å². The van der Waals surface area contributed by atoms with Crippen LogP contribution in [0.1, 0.15) is 35.6 Å². The van der Waals surface area contributed by atoms with E-state index in [1.165, 1.54) is 4.88 Å². The summed E-state index contributed by atoms with van der Waals surface area (Å²) < 4.78 is 1.85. The number of aryl methyl sites for hydroxylation is 1. The van der Waals surface area contributed by atoms with Crippen LogP contribution >= 0.6 is 11.3 Å². The Morgan fingerprint density at radius 1 is 1.56 bits per heavy atom. The van der Waals surface area contributed by atoms with Crippen LogP contribution in [0.15, 0.2) is 12.5 Å². The molecule has 86 valence electrons. The van der Waals surface area contributed by atoms with Gasteiger partial charge in [-0.15, -0.1) is 21.5 Å². The van der Waals surface area contributed by atoms with Gasteiger partial charge in [0.15, 0.2) is 5.82 Å². The maximum absolute atomic E-state index is 9.11. The Labute approximate surface area is 97.8 Å². The van der Waals surface area contributed by atoms with Crippen molar-refractivity contribution in [3.8, 4) is 0 Å². The smallest absolute Gasteiger partial charge is 0.159 e. The van der Waals surface area contributed by atoms with Crippen LogP contribution in [0.25, 0.3) is 0 Å². The van der Waals surface area contributed by atoms with E-state index in [4.69, 9.17) is 5.11 Å². The quantitative estimate of drug-likeness (QED) is 0.874. The van der Waals surface area contributed by atoms with Crippen LogP contribution in [0.3, 0.4) is 0 Å². The van der Waals surface area contributed by atoms with Gasteiger partial charge in [-0.05, 0) is 13.3 Å². The van der Waals surface area contributed by atoms with Crippen LogP contribution in [0.5, 0.6) is 0 Å². The molecular formula is C10H14N4OS. The van der Waals surface area contributed by atoms with Gasteiger partial charge in [0.2, 0.25) is 0 Å². The molecular weight excluding hydrogens is 224 g/mol. The SMILES string of the molecule is CCc1cnc(C(C)n2cnnc2CO)s1. The van der Waals surface area contributed by atoms with Crippen LogP contribution in [-0.2, 0) is 13.0 Å². The van der Waals surface area contributed by atoms with Gasteiger partial charge in [-0.1, -0.05) is 6.92 Å². The third-order valence-electron chi connectivity index (χ3n) is 2.48. The molecule has 1 unspecified atom stereocenters. The normalized spacial score (nSPS) is 12.9. The summed E-state index contributed by atoms with van der Waals surface area (Å²) in [7, 11) is 0. The molecule has 2 aromatic heterocycles. The van der Waals surface area contributed by atoms with Gasteiger partial charge in [0.1, 0.15) is 17.9 Å². The Morgan fingerprint density at radius 3 is 3.00 bits per heavy atom. The van der Waals surface area contributed by atoms with E-state index >= 15 is 0 Å². The van der Waals surface area contributed by atoms with Gasteiger partial charge in [-0.2, -0.15) is 0 Å². The van der Waals surface area contributed by atoms with Gasteiger partial charge in [0, 0.05) is 11.1 Å². The van der Waals surface area contributed by atoms with Crippen molar-refractivity contribution < 1.29 is 5.11 Å². The summed E-state index contributed by atoms with van der Waals surface area (Å²) in [6.45, 7) is 4.04. The number of hydrogen-bond donors (Lipinski definition) is 1. The number of nitrogens with zero attached hydrogens (tertiary/aromatic N) is 4. The molecule has 5 nitrogen and oxygen atoms in total. The minimum atomic E-state index is -0.101. The van der Waals surface area contributed by atoms with Gasteiger partial charge in [-0.25, -0.2) is 4.98 Å².